The predicted octanol–water partition coefficient (Wildman–Crippen LogP) is 4.18. The van der Waals surface area contributed by atoms with Crippen molar-refractivity contribution in [3.63, 3.8) is 0 Å². The van der Waals surface area contributed by atoms with Gasteiger partial charge >= 0.3 is 51.4 Å². The van der Waals surface area contributed by atoms with Crippen LogP contribution in [0, 0.1) is 57.2 Å². The second-order valence-electron chi connectivity index (χ2n) is 15.1. The van der Waals surface area contributed by atoms with Crippen LogP contribution in [0.5, 0.6) is 0 Å². The molecule has 0 bridgehead atoms. The second kappa shape index (κ2) is 10.7. The molecule has 4 fully saturated rings. The number of hydrogen-bond acceptors (Lipinski definition) is 3. The van der Waals surface area contributed by atoms with Crippen LogP contribution in [0.25, 0.3) is 0 Å². The summed E-state index contributed by atoms with van der Waals surface area (Å²) in [5, 5.41) is 0. The van der Waals surface area contributed by atoms with Gasteiger partial charge in [-0.05, 0) is 109 Å². The van der Waals surface area contributed by atoms with E-state index in [0.29, 0.717) is 47.2 Å². The molecule has 0 radical (unpaired) electrons. The third-order valence-corrected chi connectivity index (χ3v) is 12.7. The Bertz CT molecular complexity index is 767. The standard InChI is InChI=1S/C31H54NO2.K/c1-21(10-9-16-33)23-11-12-24-26-25(20-28(4,5)31(23,24)8)30(7)14-13-29(6,34-17-15-32)19-22(30)18-27(26,2)3;/h21-26H,9-15,17-20,32H2,1-8H3;/q-1;+1. The zero-order valence-electron chi connectivity index (χ0n) is 24.6. The van der Waals surface area contributed by atoms with Crippen LogP contribution in [-0.4, -0.2) is 25.0 Å². The number of nitrogens with two attached hydrogens (primary N) is 1. The molecular formula is C31H54KNO2. The summed E-state index contributed by atoms with van der Waals surface area (Å²) in [5.41, 5.74) is 7.24. The second-order valence-corrected chi connectivity index (χ2v) is 15.1. The van der Waals surface area contributed by atoms with E-state index in [0.717, 1.165) is 36.0 Å². The predicted molar refractivity (Wildman–Crippen MR) is 141 cm³/mol. The normalized spacial score (nSPS) is 46.5. The number of carbonyl (C=O) groups excluding carboxylic acids is 1. The molecule has 0 aromatic carbocycles. The van der Waals surface area contributed by atoms with Gasteiger partial charge in [-0.15, -0.1) is 0 Å². The number of rotatable bonds is 7. The molecule has 4 saturated carbocycles. The molecule has 9 atom stereocenters. The minimum Gasteiger partial charge on any atom is -0.542 e. The summed E-state index contributed by atoms with van der Waals surface area (Å²) < 4.78 is 6.36. The van der Waals surface area contributed by atoms with E-state index in [4.69, 9.17) is 10.5 Å². The van der Waals surface area contributed by atoms with Crippen molar-refractivity contribution in [3.8, 4) is 0 Å². The summed E-state index contributed by atoms with van der Waals surface area (Å²) in [6, 6.07) is 0. The smallest absolute Gasteiger partial charge is 0.542 e. The average Bonchev–Trinajstić information content (AvgIpc) is 3.11. The molecule has 0 spiro atoms. The Hall–Kier alpha value is 1.23. The third kappa shape index (κ3) is 5.00. The molecule has 4 heteroatoms. The van der Waals surface area contributed by atoms with Crippen molar-refractivity contribution in [1.82, 2.24) is 0 Å². The van der Waals surface area contributed by atoms with Crippen LogP contribution >= 0.6 is 0 Å². The molecule has 4 aliphatic rings. The van der Waals surface area contributed by atoms with Crippen LogP contribution < -0.4 is 57.1 Å². The van der Waals surface area contributed by atoms with Crippen LogP contribution in [0.2, 0.25) is 0 Å². The van der Waals surface area contributed by atoms with E-state index >= 15 is 0 Å². The molecule has 0 saturated heterocycles. The van der Waals surface area contributed by atoms with Crippen LogP contribution in [0.1, 0.15) is 113 Å². The minimum atomic E-state index is -0.00531. The van der Waals surface area contributed by atoms with Crippen LogP contribution in [0.15, 0.2) is 0 Å². The maximum Gasteiger partial charge on any atom is 1.00 e. The fraction of sp³-hybridized carbons (Fsp3) is 0.968. The van der Waals surface area contributed by atoms with E-state index in [9.17, 15) is 4.79 Å². The molecule has 0 aromatic heterocycles. The molecule has 9 unspecified atom stereocenters. The molecule has 0 aromatic rings. The van der Waals surface area contributed by atoms with E-state index in [2.05, 4.69) is 61.7 Å². The van der Waals surface area contributed by atoms with Crippen molar-refractivity contribution < 1.29 is 60.9 Å². The van der Waals surface area contributed by atoms with Crippen molar-refractivity contribution in [1.29, 1.82) is 0 Å². The molecule has 196 valence electrons. The van der Waals surface area contributed by atoms with Crippen LogP contribution in [0.4, 0.5) is 0 Å². The van der Waals surface area contributed by atoms with E-state index in [1.165, 1.54) is 44.9 Å². The van der Waals surface area contributed by atoms with Gasteiger partial charge in [0.15, 0.2) is 0 Å². The van der Waals surface area contributed by atoms with Crippen molar-refractivity contribution in [2.75, 3.05) is 13.2 Å². The summed E-state index contributed by atoms with van der Waals surface area (Å²) >= 11 is 0. The Morgan fingerprint density at radius 1 is 0.971 bits per heavy atom. The Morgan fingerprint density at radius 3 is 2.29 bits per heavy atom. The topological polar surface area (TPSA) is 52.3 Å². The molecule has 0 aliphatic heterocycles. The van der Waals surface area contributed by atoms with Crippen molar-refractivity contribution in [2.24, 2.45) is 62.9 Å². The maximum atomic E-state index is 11.0. The summed E-state index contributed by atoms with van der Waals surface area (Å²) in [7, 11) is 0. The average molecular weight is 512 g/mol. The van der Waals surface area contributed by atoms with Gasteiger partial charge in [-0.3, -0.25) is 6.29 Å². The van der Waals surface area contributed by atoms with Gasteiger partial charge in [0, 0.05) is 6.54 Å². The summed E-state index contributed by atoms with van der Waals surface area (Å²) in [5.74, 6) is 4.46. The first-order valence-electron chi connectivity index (χ1n) is 14.4. The minimum absolute atomic E-state index is 0. The molecule has 2 N–H and O–H groups in total. The zero-order chi connectivity index (χ0) is 25.2. The number of ether oxygens (including phenoxy) is 1. The van der Waals surface area contributed by atoms with Crippen LogP contribution in [0.3, 0.4) is 0 Å². The van der Waals surface area contributed by atoms with Gasteiger partial charge in [0.2, 0.25) is 0 Å². The number of hydrogen-bond donors (Lipinski definition) is 1. The fourth-order valence-corrected chi connectivity index (χ4v) is 10.7. The fourth-order valence-electron chi connectivity index (χ4n) is 10.7. The molecule has 4 rings (SSSR count). The summed E-state index contributed by atoms with van der Waals surface area (Å²) in [4.78, 5) is 11.0. The Morgan fingerprint density at radius 2 is 1.66 bits per heavy atom. The van der Waals surface area contributed by atoms with E-state index in [-0.39, 0.29) is 57.0 Å². The first kappa shape index (κ1) is 30.8. The van der Waals surface area contributed by atoms with Gasteiger partial charge in [-0.25, -0.2) is 0 Å². The maximum absolute atomic E-state index is 11.0. The van der Waals surface area contributed by atoms with Crippen molar-refractivity contribution in [3.05, 3.63) is 0 Å². The van der Waals surface area contributed by atoms with E-state index < -0.39 is 0 Å². The third-order valence-electron chi connectivity index (χ3n) is 12.7. The molecule has 0 heterocycles. The van der Waals surface area contributed by atoms with Gasteiger partial charge < -0.3 is 15.3 Å². The molecule has 35 heavy (non-hydrogen) atoms. The SMILES string of the molecule is CC(CC[C-]=O)C1CCC2C3C(CC(C)(C)C12C)C1(C)CCC(C)(OCCN)CC1CC3(C)C.[K+]. The Balaban J connectivity index is 0.00000342. The Kier molecular flexibility index (Phi) is 9.37. The molecule has 4 aliphatic carbocycles. The van der Waals surface area contributed by atoms with Gasteiger partial charge in [0.1, 0.15) is 0 Å². The molecular weight excluding hydrogens is 457 g/mol. The molecule has 3 nitrogen and oxygen atoms in total. The quantitative estimate of drug-likeness (QED) is 0.412. The van der Waals surface area contributed by atoms with Crippen molar-refractivity contribution >= 4 is 6.29 Å². The van der Waals surface area contributed by atoms with Gasteiger partial charge in [-0.1, -0.05) is 54.9 Å². The summed E-state index contributed by atoms with van der Waals surface area (Å²) in [6.07, 6.45) is 12.8. The Labute approximate surface area is 259 Å². The van der Waals surface area contributed by atoms with Crippen molar-refractivity contribution in [2.45, 2.75) is 119 Å². The zero-order valence-corrected chi connectivity index (χ0v) is 27.8. The number of fused-ring (bicyclic) bond motifs is 5. The van der Waals surface area contributed by atoms with Gasteiger partial charge in [0.25, 0.3) is 0 Å². The van der Waals surface area contributed by atoms with E-state index in [1.807, 2.05) is 0 Å². The first-order chi connectivity index (χ1) is 15.8. The monoisotopic (exact) mass is 511 g/mol. The van der Waals surface area contributed by atoms with Gasteiger partial charge in [0.05, 0.1) is 12.2 Å². The largest absolute Gasteiger partial charge is 1.00 e. The van der Waals surface area contributed by atoms with Gasteiger partial charge in [-0.2, -0.15) is 6.42 Å². The summed E-state index contributed by atoms with van der Waals surface area (Å²) in [6.45, 7) is 21.8. The van der Waals surface area contributed by atoms with Crippen LogP contribution in [-0.2, 0) is 9.53 Å². The molecule has 0 amide bonds. The first-order valence-corrected chi connectivity index (χ1v) is 14.4. The van der Waals surface area contributed by atoms with E-state index in [1.54, 1.807) is 0 Å².